The third-order valence-corrected chi connectivity index (χ3v) is 5.02. The highest BCUT2D eigenvalue weighted by Gasteiger charge is 2.25. The second-order valence-corrected chi connectivity index (χ2v) is 7.09. The largest absolute Gasteiger partial charge is 0.339 e. The molecule has 8 nitrogen and oxygen atoms in total. The highest BCUT2D eigenvalue weighted by Crippen LogP contribution is 2.16. The third kappa shape index (κ3) is 3.82. The molecule has 4 rings (SSSR count). The van der Waals surface area contributed by atoms with E-state index in [9.17, 15) is 9.59 Å². The summed E-state index contributed by atoms with van der Waals surface area (Å²) in [5, 5.41) is 8.71. The Morgan fingerprint density at radius 2 is 1.82 bits per heavy atom. The molecule has 1 aromatic carbocycles. The summed E-state index contributed by atoms with van der Waals surface area (Å²) < 4.78 is 0. The summed E-state index contributed by atoms with van der Waals surface area (Å²) >= 11 is 5.81. The van der Waals surface area contributed by atoms with Crippen LogP contribution in [-0.4, -0.2) is 57.2 Å². The number of nitrogens with zero attached hydrogens (tertiary/aromatic N) is 5. The number of halogens is 1. The fourth-order valence-electron chi connectivity index (χ4n) is 3.38. The van der Waals surface area contributed by atoms with Gasteiger partial charge in [-0.15, -0.1) is 0 Å². The van der Waals surface area contributed by atoms with Crippen LogP contribution >= 0.6 is 11.6 Å². The Bertz CT molecular complexity index is 1050. The first-order chi connectivity index (χ1) is 13.6. The van der Waals surface area contributed by atoms with Crippen LogP contribution in [0.2, 0.25) is 5.02 Å². The van der Waals surface area contributed by atoms with Gasteiger partial charge in [-0.1, -0.05) is 29.8 Å². The maximum atomic E-state index is 12.5. The number of piperazine rings is 1. The molecule has 1 fully saturated rings. The first-order valence-electron chi connectivity index (χ1n) is 9.08. The highest BCUT2D eigenvalue weighted by molar-refractivity contribution is 6.30. The number of amides is 1. The number of nitrogens with one attached hydrogen (secondary N) is 1. The summed E-state index contributed by atoms with van der Waals surface area (Å²) in [7, 11) is 0. The number of carbonyl (C=O) groups excluding carboxylic acids is 1. The van der Waals surface area contributed by atoms with Gasteiger partial charge in [0.05, 0.1) is 35.0 Å². The number of hydrogen-bond acceptors (Lipinski definition) is 6. The van der Waals surface area contributed by atoms with Crippen LogP contribution in [0.4, 0.5) is 5.95 Å². The Kier molecular flexibility index (Phi) is 5.21. The molecule has 0 aliphatic carbocycles. The molecule has 1 amide bonds. The number of benzene rings is 1. The molecule has 1 N–H and O–H groups in total. The van der Waals surface area contributed by atoms with Gasteiger partial charge < -0.3 is 9.80 Å². The van der Waals surface area contributed by atoms with Crippen molar-refractivity contribution < 1.29 is 4.79 Å². The smallest absolute Gasteiger partial charge is 0.272 e. The van der Waals surface area contributed by atoms with Gasteiger partial charge in [0.2, 0.25) is 11.9 Å². The third-order valence-electron chi connectivity index (χ3n) is 4.82. The zero-order valence-corrected chi connectivity index (χ0v) is 15.9. The van der Waals surface area contributed by atoms with Crippen LogP contribution in [0.25, 0.3) is 10.8 Å². The Morgan fingerprint density at radius 3 is 2.57 bits per heavy atom. The normalized spacial score (nSPS) is 14.7. The van der Waals surface area contributed by atoms with Gasteiger partial charge in [-0.2, -0.15) is 5.10 Å². The fourth-order valence-corrected chi connectivity index (χ4v) is 3.48. The Morgan fingerprint density at radius 1 is 1.07 bits per heavy atom. The summed E-state index contributed by atoms with van der Waals surface area (Å²) in [5.74, 6) is 0.561. The molecule has 144 valence electrons. The lowest BCUT2D eigenvalue weighted by atomic mass is 10.1. The molecule has 3 heterocycles. The van der Waals surface area contributed by atoms with E-state index in [1.807, 2.05) is 28.0 Å². The van der Waals surface area contributed by atoms with E-state index in [2.05, 4.69) is 20.2 Å². The average molecular weight is 399 g/mol. The van der Waals surface area contributed by atoms with E-state index in [1.165, 1.54) is 12.4 Å². The maximum Gasteiger partial charge on any atom is 0.272 e. The van der Waals surface area contributed by atoms with Crippen molar-refractivity contribution in [3.8, 4) is 0 Å². The summed E-state index contributed by atoms with van der Waals surface area (Å²) in [5.41, 5.74) is 0.658. The van der Waals surface area contributed by atoms with E-state index in [-0.39, 0.29) is 18.0 Å². The average Bonchev–Trinajstić information content (AvgIpc) is 2.71. The Labute approximate surface area is 166 Å². The minimum atomic E-state index is -0.185. The van der Waals surface area contributed by atoms with Crippen LogP contribution in [0.3, 0.4) is 0 Å². The van der Waals surface area contributed by atoms with Crippen molar-refractivity contribution in [2.24, 2.45) is 0 Å². The van der Waals surface area contributed by atoms with E-state index in [0.717, 1.165) is 17.5 Å². The lowest BCUT2D eigenvalue weighted by molar-refractivity contribution is -0.131. The molecule has 28 heavy (non-hydrogen) atoms. The van der Waals surface area contributed by atoms with Crippen LogP contribution in [0.5, 0.6) is 0 Å². The monoisotopic (exact) mass is 398 g/mol. The molecule has 1 aliphatic heterocycles. The van der Waals surface area contributed by atoms with Crippen molar-refractivity contribution in [1.29, 1.82) is 0 Å². The van der Waals surface area contributed by atoms with E-state index in [4.69, 9.17) is 11.6 Å². The van der Waals surface area contributed by atoms with Gasteiger partial charge in [-0.05, 0) is 18.9 Å². The van der Waals surface area contributed by atoms with E-state index < -0.39 is 0 Å². The zero-order chi connectivity index (χ0) is 19.5. The minimum absolute atomic E-state index is 0.0454. The molecule has 0 spiro atoms. The second kappa shape index (κ2) is 7.93. The van der Waals surface area contributed by atoms with Crippen molar-refractivity contribution in [2.75, 3.05) is 31.1 Å². The number of aromatic amines is 1. The van der Waals surface area contributed by atoms with Gasteiger partial charge >= 0.3 is 0 Å². The molecule has 0 bridgehead atoms. The van der Waals surface area contributed by atoms with Gasteiger partial charge in [-0.3, -0.25) is 9.59 Å². The van der Waals surface area contributed by atoms with Crippen LogP contribution in [0, 0.1) is 0 Å². The number of fused-ring (bicyclic) bond motifs is 1. The molecule has 1 aliphatic rings. The first-order valence-corrected chi connectivity index (χ1v) is 9.46. The molecular formula is C19H19ClN6O2. The first kappa shape index (κ1) is 18.4. The summed E-state index contributed by atoms with van der Waals surface area (Å²) in [4.78, 5) is 36.4. The minimum Gasteiger partial charge on any atom is -0.339 e. The van der Waals surface area contributed by atoms with Crippen molar-refractivity contribution >= 4 is 34.2 Å². The van der Waals surface area contributed by atoms with Crippen LogP contribution in [-0.2, 0) is 11.2 Å². The number of hydrogen-bond donors (Lipinski definition) is 1. The number of carbonyl (C=O) groups is 1. The summed E-state index contributed by atoms with van der Waals surface area (Å²) in [6, 6.07) is 7.43. The molecule has 3 aromatic rings. The number of anilines is 1. The predicted octanol–water partition coefficient (Wildman–Crippen LogP) is 1.65. The molecule has 0 atom stereocenters. The quantitative estimate of drug-likeness (QED) is 0.702. The van der Waals surface area contributed by atoms with Crippen LogP contribution < -0.4 is 10.5 Å². The van der Waals surface area contributed by atoms with Gasteiger partial charge in [0.25, 0.3) is 5.56 Å². The molecule has 0 saturated carbocycles. The van der Waals surface area contributed by atoms with E-state index in [0.29, 0.717) is 42.4 Å². The lowest BCUT2D eigenvalue weighted by Crippen LogP contribution is -2.51. The Hall–Kier alpha value is -3.00. The van der Waals surface area contributed by atoms with Gasteiger partial charge in [0, 0.05) is 25.0 Å². The van der Waals surface area contributed by atoms with E-state index >= 15 is 0 Å². The molecular weight excluding hydrogens is 380 g/mol. The van der Waals surface area contributed by atoms with Crippen molar-refractivity contribution in [3.05, 3.63) is 57.7 Å². The number of H-pyrrole nitrogens is 1. The van der Waals surface area contributed by atoms with Gasteiger partial charge in [0.1, 0.15) is 0 Å². The molecule has 0 unspecified atom stereocenters. The SMILES string of the molecule is O=C1CN(c2ncc(Cl)cn2)CCN1CCCc1n[nH]c(=O)c2ccccc12. The van der Waals surface area contributed by atoms with Crippen LogP contribution in [0.1, 0.15) is 12.1 Å². The summed E-state index contributed by atoms with van der Waals surface area (Å²) in [6.07, 6.45) is 4.52. The number of aromatic nitrogens is 4. The van der Waals surface area contributed by atoms with Crippen molar-refractivity contribution in [1.82, 2.24) is 25.1 Å². The molecule has 0 radical (unpaired) electrons. The molecule has 2 aromatic heterocycles. The Balaban J connectivity index is 1.35. The number of rotatable bonds is 5. The highest BCUT2D eigenvalue weighted by atomic mass is 35.5. The van der Waals surface area contributed by atoms with E-state index in [1.54, 1.807) is 6.07 Å². The lowest BCUT2D eigenvalue weighted by Gasteiger charge is -2.34. The maximum absolute atomic E-state index is 12.5. The topological polar surface area (TPSA) is 95.1 Å². The predicted molar refractivity (Wildman–Crippen MR) is 107 cm³/mol. The standard InChI is InChI=1S/C19H19ClN6O2/c20-13-10-21-19(22-11-13)26-9-8-25(17(27)12-26)7-3-6-16-14-4-1-2-5-15(14)18(28)24-23-16/h1-2,4-5,10-11H,3,6-9,12H2,(H,24,28). The summed E-state index contributed by atoms with van der Waals surface area (Å²) in [6.45, 7) is 2.18. The molecule has 9 heteroatoms. The van der Waals surface area contributed by atoms with Crippen molar-refractivity contribution in [2.45, 2.75) is 12.8 Å². The molecule has 1 saturated heterocycles. The van der Waals surface area contributed by atoms with Gasteiger partial charge in [-0.25, -0.2) is 15.1 Å². The number of aryl methyl sites for hydroxylation is 1. The zero-order valence-electron chi connectivity index (χ0n) is 15.1. The van der Waals surface area contributed by atoms with Gasteiger partial charge in [0.15, 0.2) is 0 Å². The van der Waals surface area contributed by atoms with Crippen molar-refractivity contribution in [3.63, 3.8) is 0 Å². The van der Waals surface area contributed by atoms with Crippen LogP contribution in [0.15, 0.2) is 41.5 Å². The fraction of sp³-hybridized carbons (Fsp3) is 0.316. The second-order valence-electron chi connectivity index (χ2n) is 6.65.